The number of ether oxygens (including phenoxy) is 2. The van der Waals surface area contributed by atoms with E-state index >= 15 is 0 Å². The van der Waals surface area contributed by atoms with Crippen LogP contribution in [0.4, 0.5) is 0 Å². The summed E-state index contributed by atoms with van der Waals surface area (Å²) in [5.74, 6) is 0.891. The van der Waals surface area contributed by atoms with Gasteiger partial charge in [-0.25, -0.2) is 0 Å². The molecule has 27 heavy (non-hydrogen) atoms. The smallest absolute Gasteiger partial charge is 0.119 e. The maximum absolute atomic E-state index is 6.07. The van der Waals surface area contributed by atoms with Gasteiger partial charge in [0.15, 0.2) is 0 Å². The van der Waals surface area contributed by atoms with Crippen LogP contribution in [0.5, 0.6) is 5.75 Å². The molecule has 0 spiro atoms. The zero-order chi connectivity index (χ0) is 18.6. The summed E-state index contributed by atoms with van der Waals surface area (Å²) in [5.41, 5.74) is 2.47. The van der Waals surface area contributed by atoms with Crippen molar-refractivity contribution in [3.63, 3.8) is 0 Å². The number of rotatable bonds is 6. The molecule has 0 unspecified atom stereocenters. The number of morpholine rings is 1. The van der Waals surface area contributed by atoms with Crippen LogP contribution in [0, 0.1) is 6.92 Å². The first kappa shape index (κ1) is 18.0. The molecule has 0 bridgehead atoms. The second kappa shape index (κ2) is 8.11. The second-order valence-electron chi connectivity index (χ2n) is 7.27. The second-order valence-corrected chi connectivity index (χ2v) is 7.27. The Bertz CT molecular complexity index is 905. The minimum Gasteiger partial charge on any atom is -0.497 e. The van der Waals surface area contributed by atoms with Crippen LogP contribution in [0.25, 0.3) is 10.8 Å². The molecule has 142 valence electrons. The fraction of sp³-hybridized carbons (Fsp3) is 0.409. The molecular weight excluding hydrogens is 338 g/mol. The third kappa shape index (κ3) is 4.31. The standard InChI is InChI=1S/C22H27N3O2/c1-17-14-23-25(15-17)9-3-8-24-10-11-27-22(16-24)20-5-4-19-13-21(26-2)7-6-18(19)12-20/h4-7,12-15,22H,3,8-11,16H2,1-2H3/t22-/m0/s1. The van der Waals surface area contributed by atoms with Crippen molar-refractivity contribution in [2.24, 2.45) is 0 Å². The van der Waals surface area contributed by atoms with E-state index in [0.717, 1.165) is 45.0 Å². The van der Waals surface area contributed by atoms with Crippen LogP contribution in [0.2, 0.25) is 0 Å². The number of aryl methyl sites for hydroxylation is 2. The number of hydrogen-bond donors (Lipinski definition) is 0. The quantitative estimate of drug-likeness (QED) is 0.666. The van der Waals surface area contributed by atoms with E-state index in [4.69, 9.17) is 9.47 Å². The van der Waals surface area contributed by atoms with Crippen molar-refractivity contribution in [1.29, 1.82) is 0 Å². The van der Waals surface area contributed by atoms with Crippen LogP contribution in [-0.4, -0.2) is 48.0 Å². The molecular formula is C22H27N3O2. The predicted molar refractivity (Wildman–Crippen MR) is 107 cm³/mol. The highest BCUT2D eigenvalue weighted by Gasteiger charge is 2.21. The van der Waals surface area contributed by atoms with Gasteiger partial charge in [0.05, 0.1) is 26.0 Å². The number of methoxy groups -OCH3 is 1. The Morgan fingerprint density at radius 3 is 2.81 bits per heavy atom. The van der Waals surface area contributed by atoms with E-state index in [1.165, 1.54) is 21.9 Å². The number of aromatic nitrogens is 2. The summed E-state index contributed by atoms with van der Waals surface area (Å²) in [5, 5.41) is 6.79. The van der Waals surface area contributed by atoms with Crippen molar-refractivity contribution >= 4 is 10.8 Å². The van der Waals surface area contributed by atoms with Crippen molar-refractivity contribution in [3.05, 3.63) is 59.9 Å². The number of fused-ring (bicyclic) bond motifs is 1. The van der Waals surface area contributed by atoms with E-state index in [0.29, 0.717) is 0 Å². The molecule has 1 aliphatic rings. The Kier molecular flexibility index (Phi) is 5.41. The summed E-state index contributed by atoms with van der Waals surface area (Å²) in [4.78, 5) is 2.50. The highest BCUT2D eigenvalue weighted by atomic mass is 16.5. The van der Waals surface area contributed by atoms with Crippen molar-refractivity contribution in [2.45, 2.75) is 26.0 Å². The van der Waals surface area contributed by atoms with E-state index in [2.05, 4.69) is 53.5 Å². The minimum absolute atomic E-state index is 0.136. The fourth-order valence-corrected chi connectivity index (χ4v) is 3.72. The van der Waals surface area contributed by atoms with Crippen molar-refractivity contribution in [1.82, 2.24) is 14.7 Å². The van der Waals surface area contributed by atoms with Gasteiger partial charge in [-0.3, -0.25) is 9.58 Å². The first-order valence-corrected chi connectivity index (χ1v) is 9.62. The molecule has 5 heteroatoms. The van der Waals surface area contributed by atoms with E-state index in [1.807, 2.05) is 16.9 Å². The zero-order valence-electron chi connectivity index (χ0n) is 16.1. The molecule has 2 aromatic carbocycles. The number of hydrogen-bond acceptors (Lipinski definition) is 4. The van der Waals surface area contributed by atoms with Gasteiger partial charge in [0, 0.05) is 32.4 Å². The number of benzene rings is 2. The topological polar surface area (TPSA) is 39.5 Å². The Labute approximate surface area is 160 Å². The molecule has 0 amide bonds. The van der Waals surface area contributed by atoms with Gasteiger partial charge < -0.3 is 9.47 Å². The van der Waals surface area contributed by atoms with Crippen molar-refractivity contribution in [2.75, 3.05) is 33.4 Å². The lowest BCUT2D eigenvalue weighted by Gasteiger charge is -2.33. The Morgan fingerprint density at radius 2 is 2.00 bits per heavy atom. The Balaban J connectivity index is 1.38. The van der Waals surface area contributed by atoms with Crippen LogP contribution in [0.15, 0.2) is 48.8 Å². The van der Waals surface area contributed by atoms with Crippen molar-refractivity contribution in [3.8, 4) is 5.75 Å². The van der Waals surface area contributed by atoms with E-state index in [9.17, 15) is 0 Å². The van der Waals surface area contributed by atoms with Crippen LogP contribution in [0.3, 0.4) is 0 Å². The first-order valence-electron chi connectivity index (χ1n) is 9.62. The first-order chi connectivity index (χ1) is 13.2. The van der Waals surface area contributed by atoms with E-state index in [1.54, 1.807) is 7.11 Å². The molecule has 5 nitrogen and oxygen atoms in total. The molecule has 1 aromatic heterocycles. The molecule has 1 atom stereocenters. The summed E-state index contributed by atoms with van der Waals surface area (Å²) in [6.45, 7) is 6.85. The summed E-state index contributed by atoms with van der Waals surface area (Å²) >= 11 is 0. The van der Waals surface area contributed by atoms with Gasteiger partial charge in [0.25, 0.3) is 0 Å². The SMILES string of the molecule is COc1ccc2cc([C@@H]3CN(CCCn4cc(C)cn4)CCO3)ccc2c1. The average Bonchev–Trinajstić information content (AvgIpc) is 3.12. The molecule has 0 saturated carbocycles. The Hall–Kier alpha value is -2.37. The highest BCUT2D eigenvalue weighted by Crippen LogP contribution is 2.27. The monoisotopic (exact) mass is 365 g/mol. The molecule has 0 radical (unpaired) electrons. The van der Waals surface area contributed by atoms with Gasteiger partial charge in [-0.2, -0.15) is 5.10 Å². The molecule has 0 aliphatic carbocycles. The molecule has 2 heterocycles. The van der Waals surface area contributed by atoms with Crippen molar-refractivity contribution < 1.29 is 9.47 Å². The maximum atomic E-state index is 6.07. The van der Waals surface area contributed by atoms with Gasteiger partial charge >= 0.3 is 0 Å². The van der Waals surface area contributed by atoms with E-state index in [-0.39, 0.29) is 6.10 Å². The lowest BCUT2D eigenvalue weighted by Crippen LogP contribution is -2.39. The summed E-state index contributed by atoms with van der Waals surface area (Å²) < 4.78 is 13.4. The minimum atomic E-state index is 0.136. The van der Waals surface area contributed by atoms with Gasteiger partial charge in [-0.05, 0) is 53.4 Å². The fourth-order valence-electron chi connectivity index (χ4n) is 3.72. The summed E-state index contributed by atoms with van der Waals surface area (Å²) in [6.07, 6.45) is 5.26. The molecule has 0 N–H and O–H groups in total. The van der Waals surface area contributed by atoms with Crippen LogP contribution >= 0.6 is 0 Å². The summed E-state index contributed by atoms with van der Waals surface area (Å²) in [7, 11) is 1.70. The normalized spacial score (nSPS) is 18.1. The largest absolute Gasteiger partial charge is 0.497 e. The maximum Gasteiger partial charge on any atom is 0.119 e. The van der Waals surface area contributed by atoms with Crippen LogP contribution in [0.1, 0.15) is 23.7 Å². The van der Waals surface area contributed by atoms with Gasteiger partial charge in [0.1, 0.15) is 5.75 Å². The predicted octanol–water partition coefficient (Wildman–Crippen LogP) is 3.82. The number of nitrogens with zero attached hydrogens (tertiary/aromatic N) is 3. The van der Waals surface area contributed by atoms with Gasteiger partial charge in [0.2, 0.25) is 0 Å². The molecule has 4 rings (SSSR count). The molecule has 1 aliphatic heterocycles. The summed E-state index contributed by atoms with van der Waals surface area (Å²) in [6, 6.07) is 12.8. The van der Waals surface area contributed by atoms with Crippen LogP contribution in [-0.2, 0) is 11.3 Å². The molecule has 3 aromatic rings. The van der Waals surface area contributed by atoms with Gasteiger partial charge in [-0.1, -0.05) is 18.2 Å². The Morgan fingerprint density at radius 1 is 1.15 bits per heavy atom. The third-order valence-electron chi connectivity index (χ3n) is 5.22. The average molecular weight is 365 g/mol. The lowest BCUT2D eigenvalue weighted by molar-refractivity contribution is -0.0304. The van der Waals surface area contributed by atoms with Crippen LogP contribution < -0.4 is 4.74 Å². The van der Waals surface area contributed by atoms with E-state index < -0.39 is 0 Å². The zero-order valence-corrected chi connectivity index (χ0v) is 16.1. The molecule has 1 fully saturated rings. The van der Waals surface area contributed by atoms with Gasteiger partial charge in [-0.15, -0.1) is 0 Å². The lowest BCUT2D eigenvalue weighted by atomic mass is 10.0. The molecule has 1 saturated heterocycles. The highest BCUT2D eigenvalue weighted by molar-refractivity contribution is 5.84. The third-order valence-corrected chi connectivity index (χ3v) is 5.22.